The van der Waals surface area contributed by atoms with E-state index < -0.39 is 0 Å². The number of nitriles is 2. The van der Waals surface area contributed by atoms with Crippen LogP contribution in [0, 0.1) is 22.7 Å². The molecule has 0 amide bonds. The summed E-state index contributed by atoms with van der Waals surface area (Å²) in [4.78, 5) is 0. The molecular weight excluding hydrogens is 276 g/mol. The summed E-state index contributed by atoms with van der Waals surface area (Å²) in [5.41, 5.74) is 1.26. The zero-order valence-corrected chi connectivity index (χ0v) is 12.2. The van der Waals surface area contributed by atoms with Gasteiger partial charge in [-0.25, -0.2) is 0 Å². The fourth-order valence-electron chi connectivity index (χ4n) is 1.84. The van der Waals surface area contributed by atoms with Gasteiger partial charge in [0.2, 0.25) is 0 Å². The maximum atomic E-state index is 8.70. The smallest absolute Gasteiger partial charge is 0.119 e. The van der Waals surface area contributed by atoms with Crippen molar-refractivity contribution in [2.24, 2.45) is 0 Å². The molecule has 4 nitrogen and oxygen atoms in total. The Bertz CT molecular complexity index is 603. The fourth-order valence-corrected chi connectivity index (χ4v) is 1.84. The molecule has 0 aromatic heterocycles. The average Bonchev–Trinajstić information content (AvgIpc) is 2.59. The number of hydrogen-bond donors (Lipinski definition) is 0. The highest BCUT2D eigenvalue weighted by Crippen LogP contribution is 2.13. The van der Waals surface area contributed by atoms with E-state index in [0.29, 0.717) is 24.3 Å². The van der Waals surface area contributed by atoms with Crippen LogP contribution >= 0.6 is 0 Å². The van der Waals surface area contributed by atoms with Crippen molar-refractivity contribution in [2.75, 3.05) is 13.2 Å². The normalized spacial score (nSPS) is 9.55. The fraction of sp³-hybridized carbons (Fsp3) is 0.222. The lowest BCUT2D eigenvalue weighted by Crippen LogP contribution is -2.02. The molecular formula is C18H16N2O2. The quantitative estimate of drug-likeness (QED) is 0.730. The van der Waals surface area contributed by atoms with Gasteiger partial charge in [-0.1, -0.05) is 0 Å². The van der Waals surface area contributed by atoms with Crippen molar-refractivity contribution in [1.29, 1.82) is 10.5 Å². The van der Waals surface area contributed by atoms with Gasteiger partial charge in [0.1, 0.15) is 11.5 Å². The highest BCUT2D eigenvalue weighted by Gasteiger charge is 1.97. The molecule has 22 heavy (non-hydrogen) atoms. The lowest BCUT2D eigenvalue weighted by atomic mass is 10.2. The van der Waals surface area contributed by atoms with Gasteiger partial charge in [-0.3, -0.25) is 0 Å². The molecule has 2 aromatic carbocycles. The summed E-state index contributed by atoms with van der Waals surface area (Å²) in [7, 11) is 0. The third-order valence-electron chi connectivity index (χ3n) is 3.04. The molecule has 4 heteroatoms. The molecule has 0 radical (unpaired) electrons. The van der Waals surface area contributed by atoms with E-state index in [0.717, 1.165) is 24.3 Å². The molecule has 0 N–H and O–H groups in total. The van der Waals surface area contributed by atoms with E-state index in [1.165, 1.54) is 0 Å². The zero-order chi connectivity index (χ0) is 15.6. The maximum Gasteiger partial charge on any atom is 0.119 e. The number of ether oxygens (including phenoxy) is 2. The van der Waals surface area contributed by atoms with Gasteiger partial charge >= 0.3 is 0 Å². The summed E-state index contributed by atoms with van der Waals surface area (Å²) in [5.74, 6) is 1.54. The minimum atomic E-state index is 0.614. The minimum Gasteiger partial charge on any atom is -0.494 e. The molecule has 0 saturated carbocycles. The van der Waals surface area contributed by atoms with E-state index in [9.17, 15) is 0 Å². The van der Waals surface area contributed by atoms with Gasteiger partial charge in [0, 0.05) is 0 Å². The highest BCUT2D eigenvalue weighted by molar-refractivity contribution is 5.35. The van der Waals surface area contributed by atoms with Crippen LogP contribution in [0.1, 0.15) is 24.0 Å². The molecule has 2 rings (SSSR count). The first kappa shape index (κ1) is 15.4. The second-order valence-corrected chi connectivity index (χ2v) is 4.68. The predicted molar refractivity (Wildman–Crippen MR) is 82.5 cm³/mol. The highest BCUT2D eigenvalue weighted by atomic mass is 16.5. The van der Waals surface area contributed by atoms with E-state index >= 15 is 0 Å². The van der Waals surface area contributed by atoms with Gasteiger partial charge in [-0.05, 0) is 61.4 Å². The molecule has 0 unspecified atom stereocenters. The first-order chi connectivity index (χ1) is 10.8. The number of unbranched alkanes of at least 4 members (excludes halogenated alkanes) is 1. The maximum absolute atomic E-state index is 8.70. The predicted octanol–water partition coefficient (Wildman–Crippen LogP) is 3.67. The molecule has 0 heterocycles. The van der Waals surface area contributed by atoms with Gasteiger partial charge in [0.25, 0.3) is 0 Å². The van der Waals surface area contributed by atoms with Crippen molar-refractivity contribution >= 4 is 0 Å². The second kappa shape index (κ2) is 8.34. The van der Waals surface area contributed by atoms with Crippen molar-refractivity contribution < 1.29 is 9.47 Å². The van der Waals surface area contributed by atoms with Gasteiger partial charge in [0.05, 0.1) is 36.5 Å². The Balaban J connectivity index is 1.60. The molecule has 110 valence electrons. The van der Waals surface area contributed by atoms with Crippen molar-refractivity contribution in [1.82, 2.24) is 0 Å². The average molecular weight is 292 g/mol. The van der Waals surface area contributed by atoms with Crippen LogP contribution in [0.25, 0.3) is 0 Å². The monoisotopic (exact) mass is 292 g/mol. The van der Waals surface area contributed by atoms with Crippen molar-refractivity contribution in [3.8, 4) is 23.6 Å². The van der Waals surface area contributed by atoms with E-state index in [-0.39, 0.29) is 0 Å². The first-order valence-corrected chi connectivity index (χ1v) is 7.08. The molecule has 0 bridgehead atoms. The summed E-state index contributed by atoms with van der Waals surface area (Å²) < 4.78 is 11.2. The molecule has 0 fully saturated rings. The Morgan fingerprint density at radius 3 is 1.32 bits per heavy atom. The van der Waals surface area contributed by atoms with E-state index in [2.05, 4.69) is 12.1 Å². The zero-order valence-electron chi connectivity index (χ0n) is 12.2. The van der Waals surface area contributed by atoms with E-state index in [1.807, 2.05) is 0 Å². The molecule has 0 atom stereocenters. The van der Waals surface area contributed by atoms with Crippen LogP contribution in [0.15, 0.2) is 48.5 Å². The summed E-state index contributed by atoms with van der Waals surface area (Å²) in [6, 6.07) is 18.3. The third-order valence-corrected chi connectivity index (χ3v) is 3.04. The Labute approximate surface area is 130 Å². The SMILES string of the molecule is N#Cc1ccc(OCCCCOc2ccc(C#N)cc2)cc1. The standard InChI is InChI=1S/C18H16N2O2/c19-13-15-3-7-17(8-4-15)21-11-1-2-12-22-18-9-5-16(14-20)6-10-18/h3-10H,1-2,11-12H2. The molecule has 0 aliphatic rings. The molecule has 0 spiro atoms. The Kier molecular flexibility index (Phi) is 5.84. The van der Waals surface area contributed by atoms with E-state index in [4.69, 9.17) is 20.0 Å². The summed E-state index contributed by atoms with van der Waals surface area (Å²) >= 11 is 0. The van der Waals surface area contributed by atoms with Crippen LogP contribution in [0.3, 0.4) is 0 Å². The third kappa shape index (κ3) is 4.85. The van der Waals surface area contributed by atoms with Crippen LogP contribution in [0.2, 0.25) is 0 Å². The van der Waals surface area contributed by atoms with Gasteiger partial charge in [-0.2, -0.15) is 10.5 Å². The lowest BCUT2D eigenvalue weighted by molar-refractivity contribution is 0.266. The van der Waals surface area contributed by atoms with Crippen molar-refractivity contribution in [3.05, 3.63) is 59.7 Å². The van der Waals surface area contributed by atoms with Gasteiger partial charge in [-0.15, -0.1) is 0 Å². The number of hydrogen-bond acceptors (Lipinski definition) is 4. The Hall–Kier alpha value is -2.98. The summed E-state index contributed by atoms with van der Waals surface area (Å²) in [6.07, 6.45) is 1.77. The van der Waals surface area contributed by atoms with Crippen molar-refractivity contribution in [2.45, 2.75) is 12.8 Å². The van der Waals surface area contributed by atoms with Crippen LogP contribution < -0.4 is 9.47 Å². The Morgan fingerprint density at radius 1 is 0.636 bits per heavy atom. The topological polar surface area (TPSA) is 66.0 Å². The van der Waals surface area contributed by atoms with E-state index in [1.54, 1.807) is 48.5 Å². The molecule has 0 aliphatic carbocycles. The molecule has 2 aromatic rings. The number of benzene rings is 2. The first-order valence-electron chi connectivity index (χ1n) is 7.08. The molecule has 0 aliphatic heterocycles. The van der Waals surface area contributed by atoms with Gasteiger partial charge in [0.15, 0.2) is 0 Å². The largest absolute Gasteiger partial charge is 0.494 e. The second-order valence-electron chi connectivity index (χ2n) is 4.68. The Morgan fingerprint density at radius 2 is 1.00 bits per heavy atom. The van der Waals surface area contributed by atoms with Crippen LogP contribution in [0.4, 0.5) is 0 Å². The minimum absolute atomic E-state index is 0.614. The van der Waals surface area contributed by atoms with Crippen LogP contribution in [-0.2, 0) is 0 Å². The number of nitrogens with zero attached hydrogens (tertiary/aromatic N) is 2. The van der Waals surface area contributed by atoms with Crippen LogP contribution in [-0.4, -0.2) is 13.2 Å². The molecule has 0 saturated heterocycles. The summed E-state index contributed by atoms with van der Waals surface area (Å²) in [6.45, 7) is 1.23. The van der Waals surface area contributed by atoms with Crippen LogP contribution in [0.5, 0.6) is 11.5 Å². The lowest BCUT2D eigenvalue weighted by Gasteiger charge is -2.07. The number of rotatable bonds is 7. The van der Waals surface area contributed by atoms with Gasteiger partial charge < -0.3 is 9.47 Å². The van der Waals surface area contributed by atoms with Crippen molar-refractivity contribution in [3.63, 3.8) is 0 Å². The summed E-state index contributed by atoms with van der Waals surface area (Å²) in [5, 5.41) is 17.4.